The Kier molecular flexibility index (Phi) is 4.33. The van der Waals surface area contributed by atoms with Crippen LogP contribution in [0.3, 0.4) is 0 Å². The van der Waals surface area contributed by atoms with Crippen LogP contribution in [-0.2, 0) is 34.1 Å². The summed E-state index contributed by atoms with van der Waals surface area (Å²) in [5.74, 6) is -0.930. The van der Waals surface area contributed by atoms with E-state index in [-0.39, 0.29) is 16.5 Å². The highest BCUT2D eigenvalue weighted by Crippen LogP contribution is 2.30. The van der Waals surface area contributed by atoms with Crippen molar-refractivity contribution in [2.24, 2.45) is 0 Å². The van der Waals surface area contributed by atoms with Crippen molar-refractivity contribution in [3.63, 3.8) is 0 Å². The molecule has 0 amide bonds. The normalized spacial score (nSPS) is 12.8. The average Bonchev–Trinajstić information content (AvgIpc) is 2.96. The summed E-state index contributed by atoms with van der Waals surface area (Å²) in [7, 11) is -3.65. The predicted molar refractivity (Wildman–Crippen MR) is 69.1 cm³/mol. The third kappa shape index (κ3) is 4.24. The molecular weight excluding hydrogens is 329 g/mol. The van der Waals surface area contributed by atoms with Crippen molar-refractivity contribution in [3.05, 3.63) is 28.0 Å². The second kappa shape index (κ2) is 5.72. The Bertz CT molecular complexity index is 721. The highest BCUT2D eigenvalue weighted by atomic mass is 32.2. The van der Waals surface area contributed by atoms with Crippen LogP contribution in [0.15, 0.2) is 11.6 Å². The molecule has 0 saturated carbocycles. The maximum Gasteiger partial charge on any atom is 0.434 e. The molecule has 0 atom stereocenters. The first-order valence-corrected chi connectivity index (χ1v) is 8.51. The molecule has 2 aromatic rings. The number of aryl methyl sites for hydroxylation is 1. The molecule has 0 aliphatic rings. The van der Waals surface area contributed by atoms with Gasteiger partial charge in [0, 0.05) is 18.1 Å². The zero-order valence-electron chi connectivity index (χ0n) is 10.8. The van der Waals surface area contributed by atoms with Gasteiger partial charge in [0.25, 0.3) is 0 Å². The van der Waals surface area contributed by atoms with Gasteiger partial charge in [0.05, 0.1) is 11.4 Å². The SMILES string of the molecule is CCn1cc(CS(=O)(=O)Cc2nc(C(F)(F)F)cs2)nn1. The predicted octanol–water partition coefficient (Wildman–Crippen LogP) is 1.89. The Balaban J connectivity index is 2.08. The molecule has 2 aromatic heterocycles. The number of hydrogen-bond acceptors (Lipinski definition) is 6. The number of rotatable bonds is 5. The zero-order valence-corrected chi connectivity index (χ0v) is 12.5. The van der Waals surface area contributed by atoms with Gasteiger partial charge in [-0.25, -0.2) is 13.4 Å². The van der Waals surface area contributed by atoms with Gasteiger partial charge in [-0.3, -0.25) is 4.68 Å². The Morgan fingerprint density at radius 2 is 2.05 bits per heavy atom. The third-order valence-electron chi connectivity index (χ3n) is 2.46. The van der Waals surface area contributed by atoms with Crippen LogP contribution < -0.4 is 0 Å². The molecule has 0 aliphatic heterocycles. The fourth-order valence-corrected chi connectivity index (χ4v) is 4.05. The molecule has 116 valence electrons. The monoisotopic (exact) mass is 340 g/mol. The van der Waals surface area contributed by atoms with E-state index in [0.717, 1.165) is 5.38 Å². The summed E-state index contributed by atoms with van der Waals surface area (Å²) in [6, 6.07) is 0. The minimum absolute atomic E-state index is 0.0924. The van der Waals surface area contributed by atoms with Crippen LogP contribution in [0, 0.1) is 0 Å². The van der Waals surface area contributed by atoms with Gasteiger partial charge in [-0.1, -0.05) is 5.21 Å². The van der Waals surface area contributed by atoms with E-state index >= 15 is 0 Å². The van der Waals surface area contributed by atoms with E-state index in [2.05, 4.69) is 15.3 Å². The van der Waals surface area contributed by atoms with Gasteiger partial charge < -0.3 is 0 Å². The molecule has 21 heavy (non-hydrogen) atoms. The Morgan fingerprint density at radius 3 is 2.57 bits per heavy atom. The first kappa shape index (κ1) is 15.9. The van der Waals surface area contributed by atoms with Gasteiger partial charge in [0.1, 0.15) is 10.8 Å². The van der Waals surface area contributed by atoms with Crippen molar-refractivity contribution >= 4 is 21.2 Å². The van der Waals surface area contributed by atoms with Crippen molar-refractivity contribution in [2.45, 2.75) is 31.2 Å². The van der Waals surface area contributed by atoms with Crippen LogP contribution in [0.5, 0.6) is 0 Å². The molecule has 0 unspecified atom stereocenters. The number of thiazole rings is 1. The largest absolute Gasteiger partial charge is 0.434 e. The fourth-order valence-electron chi connectivity index (χ4n) is 1.53. The summed E-state index contributed by atoms with van der Waals surface area (Å²) in [5, 5.41) is 8.11. The second-order valence-corrected chi connectivity index (χ2v) is 7.23. The second-order valence-electron chi connectivity index (χ2n) is 4.22. The summed E-state index contributed by atoms with van der Waals surface area (Å²) in [6.07, 6.45) is -3.08. The molecule has 0 fully saturated rings. The van der Waals surface area contributed by atoms with E-state index in [1.54, 1.807) is 0 Å². The molecule has 0 radical (unpaired) electrons. The van der Waals surface area contributed by atoms with E-state index in [1.165, 1.54) is 10.9 Å². The van der Waals surface area contributed by atoms with Crippen LogP contribution in [0.25, 0.3) is 0 Å². The van der Waals surface area contributed by atoms with Gasteiger partial charge in [-0.2, -0.15) is 13.2 Å². The standard InChI is InChI=1S/C10H11F3N4O2S2/c1-2-17-3-7(15-16-17)5-21(18,19)6-9-14-8(4-20-9)10(11,12)13/h3-4H,2,5-6H2,1H3. The lowest BCUT2D eigenvalue weighted by atomic mass is 10.5. The molecule has 2 heterocycles. The molecule has 0 bridgehead atoms. The minimum Gasteiger partial charge on any atom is -0.253 e. The topological polar surface area (TPSA) is 77.7 Å². The Labute approximate surface area is 122 Å². The van der Waals surface area contributed by atoms with Crippen LogP contribution >= 0.6 is 11.3 Å². The molecule has 11 heteroatoms. The summed E-state index contributed by atoms with van der Waals surface area (Å²) < 4.78 is 62.5. The van der Waals surface area contributed by atoms with Gasteiger partial charge in [-0.15, -0.1) is 16.4 Å². The first-order chi connectivity index (χ1) is 9.69. The maximum atomic E-state index is 12.4. The smallest absolute Gasteiger partial charge is 0.253 e. The average molecular weight is 340 g/mol. The lowest BCUT2D eigenvalue weighted by molar-refractivity contribution is -0.140. The van der Waals surface area contributed by atoms with Crippen LogP contribution in [0.4, 0.5) is 13.2 Å². The van der Waals surface area contributed by atoms with Crippen molar-refractivity contribution < 1.29 is 21.6 Å². The summed E-state index contributed by atoms with van der Waals surface area (Å²) in [5.41, 5.74) is -0.820. The number of sulfone groups is 1. The summed E-state index contributed by atoms with van der Waals surface area (Å²) in [4.78, 5) is 3.30. The van der Waals surface area contributed by atoms with Gasteiger partial charge in [0.2, 0.25) is 0 Å². The Morgan fingerprint density at radius 1 is 1.33 bits per heavy atom. The number of hydrogen-bond donors (Lipinski definition) is 0. The molecule has 0 saturated heterocycles. The fraction of sp³-hybridized carbons (Fsp3) is 0.500. The zero-order chi connectivity index (χ0) is 15.7. The van der Waals surface area contributed by atoms with Crippen LogP contribution in [-0.4, -0.2) is 28.4 Å². The number of aromatic nitrogens is 4. The van der Waals surface area contributed by atoms with E-state index < -0.39 is 27.5 Å². The highest BCUT2D eigenvalue weighted by Gasteiger charge is 2.34. The van der Waals surface area contributed by atoms with Crippen molar-refractivity contribution in [1.82, 2.24) is 20.0 Å². The molecular formula is C10H11F3N4O2S2. The number of halogens is 3. The lowest BCUT2D eigenvalue weighted by Gasteiger charge is -2.01. The highest BCUT2D eigenvalue weighted by molar-refractivity contribution is 7.89. The van der Waals surface area contributed by atoms with Crippen LogP contribution in [0.1, 0.15) is 23.3 Å². The molecule has 2 rings (SSSR count). The molecule has 0 spiro atoms. The summed E-state index contributed by atoms with van der Waals surface area (Å²) >= 11 is 0.672. The number of alkyl halides is 3. The van der Waals surface area contributed by atoms with Gasteiger partial charge in [-0.05, 0) is 6.92 Å². The molecule has 0 N–H and O–H groups in total. The van der Waals surface area contributed by atoms with Gasteiger partial charge >= 0.3 is 6.18 Å². The van der Waals surface area contributed by atoms with Crippen molar-refractivity contribution in [2.75, 3.05) is 0 Å². The van der Waals surface area contributed by atoms with E-state index in [9.17, 15) is 21.6 Å². The van der Waals surface area contributed by atoms with Crippen molar-refractivity contribution in [1.29, 1.82) is 0 Å². The van der Waals surface area contributed by atoms with E-state index in [0.29, 0.717) is 17.9 Å². The lowest BCUT2D eigenvalue weighted by Crippen LogP contribution is -2.09. The van der Waals surface area contributed by atoms with E-state index in [4.69, 9.17) is 0 Å². The third-order valence-corrected chi connectivity index (χ3v) is 4.94. The summed E-state index contributed by atoms with van der Waals surface area (Å²) in [6.45, 7) is 2.37. The van der Waals surface area contributed by atoms with Crippen molar-refractivity contribution in [3.8, 4) is 0 Å². The molecule has 0 aromatic carbocycles. The number of nitrogens with zero attached hydrogens (tertiary/aromatic N) is 4. The van der Waals surface area contributed by atoms with Gasteiger partial charge in [0.15, 0.2) is 15.5 Å². The molecule has 0 aliphatic carbocycles. The van der Waals surface area contributed by atoms with Crippen LogP contribution in [0.2, 0.25) is 0 Å². The quantitative estimate of drug-likeness (QED) is 0.830. The maximum absolute atomic E-state index is 12.4. The Hall–Kier alpha value is -1.49. The van der Waals surface area contributed by atoms with E-state index in [1.807, 2.05) is 6.92 Å². The first-order valence-electron chi connectivity index (χ1n) is 5.80. The minimum atomic E-state index is -4.57. The molecule has 6 nitrogen and oxygen atoms in total.